The van der Waals surface area contributed by atoms with Gasteiger partial charge in [-0.1, -0.05) is 65.3 Å². The van der Waals surface area contributed by atoms with Crippen molar-refractivity contribution in [2.45, 2.75) is 18.1 Å². The second-order valence-corrected chi connectivity index (χ2v) is 10.0. The number of amides is 2. The number of aliphatic imine (C=N–C) groups is 1. The molecule has 4 rings (SSSR count). The standard InChI is InChI=1S/C26H21Cl2N3O4S/c27-18-12-19(28)14-21(13-18)30-26-31(11-10-16-4-2-1-3-5-16)23(32)15-22(36-26)24(33)29-20-8-6-17(7-9-20)25(34)35/h1-9,12-14,22H,10-11,15H2,(H,29,33)(H,34,35). The lowest BCUT2D eigenvalue weighted by molar-refractivity contribution is -0.129. The molecule has 0 radical (unpaired) electrons. The fraction of sp³-hybridized carbons (Fsp3) is 0.154. The Bertz CT molecular complexity index is 1300. The molecule has 1 aliphatic heterocycles. The molecule has 184 valence electrons. The highest BCUT2D eigenvalue weighted by Crippen LogP contribution is 2.32. The van der Waals surface area contributed by atoms with Crippen LogP contribution in [0.3, 0.4) is 0 Å². The minimum Gasteiger partial charge on any atom is -0.478 e. The fourth-order valence-corrected chi connectivity index (χ4v) is 5.22. The van der Waals surface area contributed by atoms with E-state index in [1.54, 1.807) is 23.1 Å². The lowest BCUT2D eigenvalue weighted by Crippen LogP contribution is -2.46. The first-order valence-electron chi connectivity index (χ1n) is 11.0. The number of thioether (sulfide) groups is 1. The third-order valence-electron chi connectivity index (χ3n) is 5.37. The van der Waals surface area contributed by atoms with Crippen LogP contribution in [0.2, 0.25) is 10.0 Å². The van der Waals surface area contributed by atoms with Crippen molar-refractivity contribution in [2.24, 2.45) is 4.99 Å². The van der Waals surface area contributed by atoms with Gasteiger partial charge in [-0.25, -0.2) is 9.79 Å². The average molecular weight is 542 g/mol. The van der Waals surface area contributed by atoms with Gasteiger partial charge in [0.1, 0.15) is 5.25 Å². The van der Waals surface area contributed by atoms with Gasteiger partial charge in [0, 0.05) is 28.7 Å². The number of carbonyl (C=O) groups excluding carboxylic acids is 2. The zero-order chi connectivity index (χ0) is 25.7. The number of aromatic carboxylic acids is 1. The molecule has 0 aliphatic carbocycles. The summed E-state index contributed by atoms with van der Waals surface area (Å²) >= 11 is 13.4. The molecule has 1 aliphatic rings. The monoisotopic (exact) mass is 541 g/mol. The van der Waals surface area contributed by atoms with Crippen LogP contribution in [0.4, 0.5) is 11.4 Å². The number of carbonyl (C=O) groups is 3. The minimum absolute atomic E-state index is 0.00613. The van der Waals surface area contributed by atoms with Crippen molar-refractivity contribution in [3.05, 3.63) is 94.0 Å². The van der Waals surface area contributed by atoms with Gasteiger partial charge in [-0.05, 0) is 54.4 Å². The van der Waals surface area contributed by atoms with Crippen LogP contribution in [0.5, 0.6) is 0 Å². The van der Waals surface area contributed by atoms with Crippen molar-refractivity contribution in [3.63, 3.8) is 0 Å². The zero-order valence-electron chi connectivity index (χ0n) is 18.9. The largest absolute Gasteiger partial charge is 0.478 e. The molecular formula is C26H21Cl2N3O4S. The Balaban J connectivity index is 1.56. The van der Waals surface area contributed by atoms with E-state index >= 15 is 0 Å². The molecular weight excluding hydrogens is 521 g/mol. The van der Waals surface area contributed by atoms with E-state index in [1.165, 1.54) is 36.0 Å². The summed E-state index contributed by atoms with van der Waals surface area (Å²) in [5, 5.41) is 12.3. The van der Waals surface area contributed by atoms with Crippen LogP contribution < -0.4 is 5.32 Å². The second kappa shape index (κ2) is 11.6. The van der Waals surface area contributed by atoms with Crippen LogP contribution in [-0.2, 0) is 16.0 Å². The van der Waals surface area contributed by atoms with E-state index in [4.69, 9.17) is 28.3 Å². The third kappa shape index (κ3) is 6.66. The maximum Gasteiger partial charge on any atom is 0.335 e. The van der Waals surface area contributed by atoms with Gasteiger partial charge in [-0.15, -0.1) is 0 Å². The number of nitrogens with one attached hydrogen (secondary N) is 1. The van der Waals surface area contributed by atoms with Crippen molar-refractivity contribution in [2.75, 3.05) is 11.9 Å². The Morgan fingerprint density at radius 3 is 2.33 bits per heavy atom. The van der Waals surface area contributed by atoms with Gasteiger partial charge in [-0.3, -0.25) is 14.5 Å². The molecule has 0 aromatic heterocycles. The first kappa shape index (κ1) is 25.8. The summed E-state index contributed by atoms with van der Waals surface area (Å²) in [5.41, 5.74) is 2.09. The smallest absolute Gasteiger partial charge is 0.335 e. The van der Waals surface area contributed by atoms with Crippen LogP contribution >= 0.6 is 35.0 Å². The SMILES string of the molecule is O=C(O)c1ccc(NC(=O)C2CC(=O)N(CCc3ccccc3)C(=Nc3cc(Cl)cc(Cl)c3)S2)cc1. The van der Waals surface area contributed by atoms with Crippen LogP contribution in [0.15, 0.2) is 77.8 Å². The number of hydrogen-bond acceptors (Lipinski definition) is 5. The van der Waals surface area contributed by atoms with Gasteiger partial charge >= 0.3 is 5.97 Å². The van der Waals surface area contributed by atoms with Gasteiger partial charge < -0.3 is 10.4 Å². The Hall–Kier alpha value is -3.33. The molecule has 1 atom stereocenters. The Kier molecular flexibility index (Phi) is 8.30. The predicted molar refractivity (Wildman–Crippen MR) is 143 cm³/mol. The number of hydrogen-bond donors (Lipinski definition) is 2. The summed E-state index contributed by atoms with van der Waals surface area (Å²) in [7, 11) is 0. The normalized spacial score (nSPS) is 16.7. The van der Waals surface area contributed by atoms with Crippen LogP contribution in [-0.4, -0.2) is 44.8 Å². The molecule has 3 aromatic rings. The first-order valence-corrected chi connectivity index (χ1v) is 12.6. The summed E-state index contributed by atoms with van der Waals surface area (Å²) in [6.07, 6.45) is 0.614. The second-order valence-electron chi connectivity index (χ2n) is 7.99. The van der Waals surface area contributed by atoms with E-state index in [9.17, 15) is 14.4 Å². The number of rotatable bonds is 7. The fourth-order valence-electron chi connectivity index (χ4n) is 3.58. The van der Waals surface area contributed by atoms with Crippen molar-refractivity contribution in [1.82, 2.24) is 4.90 Å². The minimum atomic E-state index is -1.06. The molecule has 36 heavy (non-hydrogen) atoms. The molecule has 0 bridgehead atoms. The lowest BCUT2D eigenvalue weighted by Gasteiger charge is -2.32. The van der Waals surface area contributed by atoms with Gasteiger partial charge in [0.25, 0.3) is 0 Å². The molecule has 2 amide bonds. The quantitative estimate of drug-likeness (QED) is 0.388. The number of nitrogens with zero attached hydrogens (tertiary/aromatic N) is 2. The van der Waals surface area contributed by atoms with Crippen molar-refractivity contribution >= 4 is 69.3 Å². The molecule has 0 saturated carbocycles. The van der Waals surface area contributed by atoms with E-state index in [2.05, 4.69) is 10.3 Å². The Morgan fingerprint density at radius 1 is 1.03 bits per heavy atom. The van der Waals surface area contributed by atoms with Crippen LogP contribution in [0.25, 0.3) is 0 Å². The molecule has 7 nitrogen and oxygen atoms in total. The highest BCUT2D eigenvalue weighted by molar-refractivity contribution is 8.15. The number of halogens is 2. The van der Waals surface area contributed by atoms with E-state index in [0.717, 1.165) is 5.56 Å². The molecule has 1 fully saturated rings. The molecule has 1 unspecified atom stereocenters. The summed E-state index contributed by atoms with van der Waals surface area (Å²) < 4.78 is 0. The third-order valence-corrected chi connectivity index (χ3v) is 6.99. The first-order chi connectivity index (χ1) is 17.3. The van der Waals surface area contributed by atoms with Gasteiger partial charge in [-0.2, -0.15) is 0 Å². The number of carboxylic acids is 1. The van der Waals surface area contributed by atoms with E-state index < -0.39 is 11.2 Å². The summed E-state index contributed by atoms with van der Waals surface area (Å²) in [6.45, 7) is 0.397. The maximum atomic E-state index is 13.2. The molecule has 1 heterocycles. The Labute approximate surface area is 222 Å². The van der Waals surface area contributed by atoms with Crippen molar-refractivity contribution < 1.29 is 19.5 Å². The van der Waals surface area contributed by atoms with Gasteiger partial charge in [0.05, 0.1) is 11.3 Å². The number of anilines is 1. The average Bonchev–Trinajstić information content (AvgIpc) is 2.83. The topological polar surface area (TPSA) is 99.1 Å². The lowest BCUT2D eigenvalue weighted by atomic mass is 10.1. The van der Waals surface area contributed by atoms with E-state index in [1.807, 2.05) is 30.3 Å². The molecule has 1 saturated heterocycles. The molecule has 3 aromatic carbocycles. The van der Waals surface area contributed by atoms with Crippen molar-refractivity contribution in [3.8, 4) is 0 Å². The number of carboxylic acid groups (broad SMARTS) is 1. The summed E-state index contributed by atoms with van der Waals surface area (Å²) in [6, 6.07) is 20.5. The van der Waals surface area contributed by atoms with Gasteiger partial charge in [0.2, 0.25) is 11.8 Å². The van der Waals surface area contributed by atoms with E-state index in [-0.39, 0.29) is 23.8 Å². The van der Waals surface area contributed by atoms with Gasteiger partial charge in [0.15, 0.2) is 5.17 Å². The zero-order valence-corrected chi connectivity index (χ0v) is 21.2. The van der Waals surface area contributed by atoms with Crippen molar-refractivity contribution in [1.29, 1.82) is 0 Å². The maximum absolute atomic E-state index is 13.2. The highest BCUT2D eigenvalue weighted by atomic mass is 35.5. The molecule has 2 N–H and O–H groups in total. The van der Waals surface area contributed by atoms with Crippen LogP contribution in [0, 0.1) is 0 Å². The predicted octanol–water partition coefficient (Wildman–Crippen LogP) is 5.89. The molecule has 10 heteroatoms. The molecule has 0 spiro atoms. The van der Waals surface area contributed by atoms with Crippen LogP contribution in [0.1, 0.15) is 22.3 Å². The number of amidine groups is 1. The van der Waals surface area contributed by atoms with E-state index in [0.29, 0.717) is 39.6 Å². The summed E-state index contributed by atoms with van der Waals surface area (Å²) in [5.74, 6) is -1.66. The summed E-state index contributed by atoms with van der Waals surface area (Å²) in [4.78, 5) is 43.4. The Morgan fingerprint density at radius 2 is 1.69 bits per heavy atom. The number of benzene rings is 3. The highest BCUT2D eigenvalue weighted by Gasteiger charge is 2.35.